The third-order valence-corrected chi connectivity index (χ3v) is 2.42. The third-order valence-electron chi connectivity index (χ3n) is 2.42. The molecule has 0 saturated carbocycles. The summed E-state index contributed by atoms with van der Waals surface area (Å²) in [6.07, 6.45) is 3.52. The van der Waals surface area contributed by atoms with Crippen LogP contribution in [0, 0.1) is 0 Å². The van der Waals surface area contributed by atoms with Crippen molar-refractivity contribution >= 4 is 0 Å². The van der Waals surface area contributed by atoms with Gasteiger partial charge < -0.3 is 0 Å². The van der Waals surface area contributed by atoms with E-state index >= 15 is 0 Å². The first-order chi connectivity index (χ1) is 7.07. The van der Waals surface area contributed by atoms with Gasteiger partial charge in [-0.3, -0.25) is 0 Å². The fourth-order valence-corrected chi connectivity index (χ4v) is 1.46. The van der Waals surface area contributed by atoms with Gasteiger partial charge in [-0.1, -0.05) is 38.1 Å². The van der Waals surface area contributed by atoms with Crippen LogP contribution < -0.4 is 0 Å². The molecule has 0 bridgehead atoms. The molecule has 0 unspecified atom stereocenters. The zero-order valence-corrected chi connectivity index (χ0v) is 9.31. The molecule has 0 spiro atoms. The SMILES string of the molecule is CC(C)(C)c1ccc(-n2ccnn2)cc1. The second-order valence-electron chi connectivity index (χ2n) is 4.64. The summed E-state index contributed by atoms with van der Waals surface area (Å²) in [6, 6.07) is 8.40. The van der Waals surface area contributed by atoms with Gasteiger partial charge in [0.15, 0.2) is 0 Å². The summed E-state index contributed by atoms with van der Waals surface area (Å²) in [5, 5.41) is 7.73. The van der Waals surface area contributed by atoms with Gasteiger partial charge in [0.2, 0.25) is 0 Å². The first kappa shape index (κ1) is 9.90. The van der Waals surface area contributed by atoms with Crippen LogP contribution in [0.25, 0.3) is 5.69 Å². The van der Waals surface area contributed by atoms with E-state index in [-0.39, 0.29) is 5.41 Å². The molecule has 2 aromatic rings. The van der Waals surface area contributed by atoms with E-state index in [0.717, 1.165) is 5.69 Å². The predicted molar refractivity (Wildman–Crippen MR) is 60.1 cm³/mol. The summed E-state index contributed by atoms with van der Waals surface area (Å²) in [5.74, 6) is 0. The van der Waals surface area contributed by atoms with Gasteiger partial charge in [0.25, 0.3) is 0 Å². The molecule has 0 radical (unpaired) electrons. The molecule has 2 rings (SSSR count). The largest absolute Gasteiger partial charge is 0.221 e. The van der Waals surface area contributed by atoms with Crippen molar-refractivity contribution < 1.29 is 0 Å². The maximum absolute atomic E-state index is 3.94. The van der Waals surface area contributed by atoms with E-state index in [1.54, 1.807) is 10.9 Å². The normalized spacial score (nSPS) is 11.7. The van der Waals surface area contributed by atoms with Crippen molar-refractivity contribution in [2.45, 2.75) is 26.2 Å². The number of aromatic nitrogens is 3. The third kappa shape index (κ3) is 2.06. The molecule has 0 aliphatic carbocycles. The van der Waals surface area contributed by atoms with E-state index in [9.17, 15) is 0 Å². The predicted octanol–water partition coefficient (Wildman–Crippen LogP) is 2.56. The van der Waals surface area contributed by atoms with Crippen molar-refractivity contribution in [2.24, 2.45) is 0 Å². The van der Waals surface area contributed by atoms with Crippen LogP contribution in [-0.4, -0.2) is 15.0 Å². The van der Waals surface area contributed by atoms with Gasteiger partial charge in [-0.25, -0.2) is 4.68 Å². The van der Waals surface area contributed by atoms with Gasteiger partial charge in [-0.05, 0) is 23.1 Å². The summed E-state index contributed by atoms with van der Waals surface area (Å²) in [4.78, 5) is 0. The van der Waals surface area contributed by atoms with Crippen LogP contribution in [-0.2, 0) is 5.41 Å². The Labute approximate surface area is 89.7 Å². The van der Waals surface area contributed by atoms with Crippen LogP contribution in [0.3, 0.4) is 0 Å². The monoisotopic (exact) mass is 201 g/mol. The molecule has 0 N–H and O–H groups in total. The molecule has 0 fully saturated rings. The molecular weight excluding hydrogens is 186 g/mol. The van der Waals surface area contributed by atoms with Gasteiger partial charge in [0.1, 0.15) is 0 Å². The van der Waals surface area contributed by atoms with Crippen molar-refractivity contribution in [3.05, 3.63) is 42.2 Å². The standard InChI is InChI=1S/C12H15N3/c1-12(2,3)10-4-6-11(7-5-10)15-9-8-13-14-15/h4-9H,1-3H3. The van der Waals surface area contributed by atoms with E-state index in [1.165, 1.54) is 5.56 Å². The molecule has 78 valence electrons. The molecule has 0 aliphatic rings. The summed E-state index contributed by atoms with van der Waals surface area (Å²) < 4.78 is 1.76. The molecule has 3 heteroatoms. The van der Waals surface area contributed by atoms with Crippen molar-refractivity contribution in [3.8, 4) is 5.69 Å². The van der Waals surface area contributed by atoms with Crippen LogP contribution in [0.1, 0.15) is 26.3 Å². The molecule has 0 saturated heterocycles. The Kier molecular flexibility index (Phi) is 2.31. The molecule has 1 aromatic heterocycles. The average molecular weight is 201 g/mol. The lowest BCUT2D eigenvalue weighted by Gasteiger charge is -2.18. The topological polar surface area (TPSA) is 30.7 Å². The Morgan fingerprint density at radius 2 is 1.73 bits per heavy atom. The number of benzene rings is 1. The summed E-state index contributed by atoms with van der Waals surface area (Å²) in [6.45, 7) is 6.62. The Morgan fingerprint density at radius 3 is 2.20 bits per heavy atom. The second-order valence-corrected chi connectivity index (χ2v) is 4.64. The lowest BCUT2D eigenvalue weighted by molar-refractivity contribution is 0.590. The zero-order valence-electron chi connectivity index (χ0n) is 9.31. The van der Waals surface area contributed by atoms with E-state index in [2.05, 4.69) is 55.3 Å². The summed E-state index contributed by atoms with van der Waals surface area (Å²) in [7, 11) is 0. The number of rotatable bonds is 1. The summed E-state index contributed by atoms with van der Waals surface area (Å²) in [5.41, 5.74) is 2.56. The van der Waals surface area contributed by atoms with Crippen LogP contribution in [0.4, 0.5) is 0 Å². The minimum atomic E-state index is 0.195. The lowest BCUT2D eigenvalue weighted by Crippen LogP contribution is -2.10. The minimum Gasteiger partial charge on any atom is -0.221 e. The molecule has 0 aliphatic heterocycles. The Hall–Kier alpha value is -1.64. The van der Waals surface area contributed by atoms with Crippen LogP contribution in [0.5, 0.6) is 0 Å². The molecule has 1 heterocycles. The summed E-state index contributed by atoms with van der Waals surface area (Å²) >= 11 is 0. The van der Waals surface area contributed by atoms with Crippen LogP contribution in [0.15, 0.2) is 36.7 Å². The highest BCUT2D eigenvalue weighted by atomic mass is 15.4. The van der Waals surface area contributed by atoms with E-state index in [1.807, 2.05) is 6.20 Å². The van der Waals surface area contributed by atoms with Gasteiger partial charge in [0.05, 0.1) is 18.1 Å². The number of nitrogens with zero attached hydrogens (tertiary/aromatic N) is 3. The van der Waals surface area contributed by atoms with E-state index < -0.39 is 0 Å². The van der Waals surface area contributed by atoms with Crippen molar-refractivity contribution in [1.29, 1.82) is 0 Å². The number of hydrogen-bond acceptors (Lipinski definition) is 2. The Bertz CT molecular complexity index is 421. The smallest absolute Gasteiger partial charge is 0.0697 e. The van der Waals surface area contributed by atoms with Crippen molar-refractivity contribution in [2.75, 3.05) is 0 Å². The minimum absolute atomic E-state index is 0.195. The Morgan fingerprint density at radius 1 is 1.07 bits per heavy atom. The highest BCUT2D eigenvalue weighted by molar-refractivity contribution is 5.35. The van der Waals surface area contributed by atoms with Crippen LogP contribution in [0.2, 0.25) is 0 Å². The molecule has 0 amide bonds. The van der Waals surface area contributed by atoms with Crippen molar-refractivity contribution in [3.63, 3.8) is 0 Å². The first-order valence-electron chi connectivity index (χ1n) is 5.04. The van der Waals surface area contributed by atoms with Crippen molar-refractivity contribution in [1.82, 2.24) is 15.0 Å². The first-order valence-corrected chi connectivity index (χ1v) is 5.04. The van der Waals surface area contributed by atoms with Crippen LogP contribution >= 0.6 is 0 Å². The molecule has 1 aromatic carbocycles. The molecule has 3 nitrogen and oxygen atoms in total. The molecular formula is C12H15N3. The van der Waals surface area contributed by atoms with E-state index in [4.69, 9.17) is 0 Å². The zero-order chi connectivity index (χ0) is 10.9. The highest BCUT2D eigenvalue weighted by Crippen LogP contribution is 2.22. The molecule has 0 atom stereocenters. The lowest BCUT2D eigenvalue weighted by atomic mass is 9.87. The average Bonchev–Trinajstić information content (AvgIpc) is 2.69. The van der Waals surface area contributed by atoms with Gasteiger partial charge >= 0.3 is 0 Å². The van der Waals surface area contributed by atoms with Gasteiger partial charge in [-0.2, -0.15) is 0 Å². The maximum Gasteiger partial charge on any atom is 0.0697 e. The second kappa shape index (κ2) is 3.50. The Balaban J connectivity index is 2.33. The highest BCUT2D eigenvalue weighted by Gasteiger charge is 2.12. The quantitative estimate of drug-likeness (QED) is 0.710. The molecule has 15 heavy (non-hydrogen) atoms. The van der Waals surface area contributed by atoms with Gasteiger partial charge in [-0.15, -0.1) is 5.10 Å². The fraction of sp³-hybridized carbons (Fsp3) is 0.333. The number of hydrogen-bond donors (Lipinski definition) is 0. The van der Waals surface area contributed by atoms with E-state index in [0.29, 0.717) is 0 Å². The maximum atomic E-state index is 3.94. The van der Waals surface area contributed by atoms with Gasteiger partial charge in [0, 0.05) is 0 Å². The fourth-order valence-electron chi connectivity index (χ4n) is 1.46.